The van der Waals surface area contributed by atoms with E-state index in [9.17, 15) is 9.59 Å². The molecule has 1 fully saturated rings. The highest BCUT2D eigenvalue weighted by Crippen LogP contribution is 2.45. The first-order valence-electron chi connectivity index (χ1n) is 8.78. The Morgan fingerprint density at radius 3 is 2.50 bits per heavy atom. The molecule has 2 amide bonds. The number of amides is 2. The molecule has 3 aromatic rings. The minimum atomic E-state index is -0.324. The molecule has 0 spiro atoms. The summed E-state index contributed by atoms with van der Waals surface area (Å²) in [5, 5.41) is 1.09. The fourth-order valence-electron chi connectivity index (χ4n) is 2.90. The van der Waals surface area contributed by atoms with Gasteiger partial charge in [-0.3, -0.25) is 15.0 Å². The van der Waals surface area contributed by atoms with Gasteiger partial charge in [-0.2, -0.15) is 0 Å². The van der Waals surface area contributed by atoms with Gasteiger partial charge in [0.05, 0.1) is 11.2 Å². The monoisotopic (exact) mass is 390 g/mol. The first-order valence-corrected chi connectivity index (χ1v) is 9.66. The van der Waals surface area contributed by atoms with Gasteiger partial charge in [0.25, 0.3) is 11.8 Å². The molecular weight excluding hydrogens is 372 g/mol. The molecule has 1 unspecified atom stereocenters. The van der Waals surface area contributed by atoms with Crippen LogP contribution in [0.1, 0.15) is 16.5 Å². The topological polar surface area (TPSA) is 67.2 Å². The second-order valence-electron chi connectivity index (χ2n) is 6.25. The number of benzene rings is 2. The molecule has 1 N–H and O–H groups in total. The van der Waals surface area contributed by atoms with Crippen molar-refractivity contribution in [1.29, 1.82) is 0 Å². The molecule has 1 atom stereocenters. The third-order valence-corrected chi connectivity index (χ3v) is 5.47. The van der Waals surface area contributed by atoms with Crippen LogP contribution in [0.4, 0.5) is 0 Å². The number of imidazole rings is 1. The zero-order valence-electron chi connectivity index (χ0n) is 14.9. The Balaban J connectivity index is 1.60. The number of rotatable bonds is 5. The zero-order valence-corrected chi connectivity index (χ0v) is 15.8. The highest BCUT2D eigenvalue weighted by atomic mass is 32.2. The average molecular weight is 390 g/mol. The standard InChI is InChI=1S/C21H18N4O2S/c26-19(14-24-12-11-22-15-24)23-25-20(27)18(13-16-7-3-1-4-8-16)28-21(25)17-9-5-2-6-10-17/h1-13,15,21H,14H2,(H,23,26)/b18-13-. The normalized spacial score (nSPS) is 17.9. The Labute approximate surface area is 166 Å². The van der Waals surface area contributed by atoms with Crippen LogP contribution in [-0.2, 0) is 16.1 Å². The number of hydrazine groups is 1. The van der Waals surface area contributed by atoms with Gasteiger partial charge in [-0.15, -0.1) is 0 Å². The molecule has 6 nitrogen and oxygen atoms in total. The van der Waals surface area contributed by atoms with E-state index in [0.29, 0.717) is 4.91 Å². The molecule has 2 aromatic carbocycles. The molecule has 4 rings (SSSR count). The van der Waals surface area contributed by atoms with Gasteiger partial charge in [-0.05, 0) is 17.2 Å². The summed E-state index contributed by atoms with van der Waals surface area (Å²) in [4.78, 5) is 30.0. The van der Waals surface area contributed by atoms with E-state index < -0.39 is 0 Å². The quantitative estimate of drug-likeness (QED) is 0.679. The van der Waals surface area contributed by atoms with Crippen molar-refractivity contribution in [3.05, 3.63) is 95.4 Å². The molecular formula is C21H18N4O2S. The maximum absolute atomic E-state index is 13.0. The van der Waals surface area contributed by atoms with Gasteiger partial charge in [0.1, 0.15) is 11.9 Å². The van der Waals surface area contributed by atoms with Gasteiger partial charge in [0, 0.05) is 12.4 Å². The van der Waals surface area contributed by atoms with Crippen molar-refractivity contribution in [2.45, 2.75) is 11.9 Å². The van der Waals surface area contributed by atoms with E-state index in [1.54, 1.807) is 23.3 Å². The first-order chi connectivity index (χ1) is 13.7. The van der Waals surface area contributed by atoms with Crippen molar-refractivity contribution in [2.75, 3.05) is 0 Å². The molecule has 7 heteroatoms. The predicted octanol–water partition coefficient (Wildman–Crippen LogP) is 3.23. The van der Waals surface area contributed by atoms with Crippen molar-refractivity contribution >= 4 is 29.7 Å². The van der Waals surface area contributed by atoms with Crippen molar-refractivity contribution < 1.29 is 9.59 Å². The van der Waals surface area contributed by atoms with E-state index in [1.807, 2.05) is 66.7 Å². The molecule has 1 saturated heterocycles. The number of carbonyl (C=O) groups excluding carboxylic acids is 2. The van der Waals surface area contributed by atoms with E-state index in [2.05, 4.69) is 10.4 Å². The van der Waals surface area contributed by atoms with Crippen LogP contribution >= 0.6 is 11.8 Å². The summed E-state index contributed by atoms with van der Waals surface area (Å²) < 4.78 is 1.65. The van der Waals surface area contributed by atoms with Crippen molar-refractivity contribution in [2.24, 2.45) is 0 Å². The molecule has 1 aliphatic heterocycles. The first kappa shape index (κ1) is 18.1. The Kier molecular flexibility index (Phi) is 5.25. The van der Waals surface area contributed by atoms with E-state index in [4.69, 9.17) is 0 Å². The van der Waals surface area contributed by atoms with Crippen LogP contribution in [0, 0.1) is 0 Å². The molecule has 0 aliphatic carbocycles. The number of carbonyl (C=O) groups is 2. The lowest BCUT2D eigenvalue weighted by Crippen LogP contribution is -2.45. The number of nitrogens with one attached hydrogen (secondary N) is 1. The van der Waals surface area contributed by atoms with Crippen LogP contribution in [0.15, 0.2) is 84.3 Å². The third-order valence-electron chi connectivity index (χ3n) is 4.22. The van der Waals surface area contributed by atoms with Gasteiger partial charge < -0.3 is 4.57 Å². The number of aromatic nitrogens is 2. The van der Waals surface area contributed by atoms with Gasteiger partial charge in [-0.25, -0.2) is 9.99 Å². The fourth-order valence-corrected chi connectivity index (χ4v) is 4.10. The minimum Gasteiger partial charge on any atom is -0.328 e. The molecule has 0 radical (unpaired) electrons. The molecule has 28 heavy (non-hydrogen) atoms. The van der Waals surface area contributed by atoms with Gasteiger partial charge >= 0.3 is 0 Å². The number of thioether (sulfide) groups is 1. The highest BCUT2D eigenvalue weighted by molar-refractivity contribution is 8.04. The molecule has 2 heterocycles. The Bertz CT molecular complexity index is 988. The van der Waals surface area contributed by atoms with E-state index >= 15 is 0 Å². The summed E-state index contributed by atoms with van der Waals surface area (Å²) in [5.41, 5.74) is 4.65. The van der Waals surface area contributed by atoms with Crippen LogP contribution in [0.25, 0.3) is 6.08 Å². The number of hydrogen-bond donors (Lipinski definition) is 1. The van der Waals surface area contributed by atoms with Crippen molar-refractivity contribution in [3.8, 4) is 0 Å². The fraction of sp³-hybridized carbons (Fsp3) is 0.0952. The third kappa shape index (κ3) is 3.99. The number of nitrogens with zero attached hydrogens (tertiary/aromatic N) is 3. The van der Waals surface area contributed by atoms with Crippen LogP contribution in [0.2, 0.25) is 0 Å². The number of hydrogen-bond acceptors (Lipinski definition) is 4. The van der Waals surface area contributed by atoms with Gasteiger partial charge in [0.2, 0.25) is 0 Å². The largest absolute Gasteiger partial charge is 0.328 e. The maximum Gasteiger partial charge on any atom is 0.280 e. The molecule has 1 aromatic heterocycles. The summed E-state index contributed by atoms with van der Waals surface area (Å²) in [6.07, 6.45) is 6.73. The highest BCUT2D eigenvalue weighted by Gasteiger charge is 2.38. The smallest absolute Gasteiger partial charge is 0.280 e. The molecule has 1 aliphatic rings. The SMILES string of the molecule is O=C(Cn1ccnc1)NN1C(=O)/C(=C/c2ccccc2)SC1c1ccccc1. The summed E-state index contributed by atoms with van der Waals surface area (Å²) in [7, 11) is 0. The predicted molar refractivity (Wildman–Crippen MR) is 108 cm³/mol. The molecule has 0 bridgehead atoms. The van der Waals surface area contributed by atoms with Crippen LogP contribution in [0.5, 0.6) is 0 Å². The Hall–Kier alpha value is -3.32. The summed E-state index contributed by atoms with van der Waals surface area (Å²) >= 11 is 1.43. The van der Waals surface area contributed by atoms with Crippen LogP contribution < -0.4 is 5.43 Å². The van der Waals surface area contributed by atoms with E-state index in [1.165, 1.54) is 16.8 Å². The summed E-state index contributed by atoms with van der Waals surface area (Å²) in [6, 6.07) is 19.3. The second kappa shape index (κ2) is 8.14. The molecule has 140 valence electrons. The lowest BCUT2D eigenvalue weighted by Gasteiger charge is -2.24. The second-order valence-corrected chi connectivity index (χ2v) is 7.37. The van der Waals surface area contributed by atoms with E-state index in [-0.39, 0.29) is 23.7 Å². The lowest BCUT2D eigenvalue weighted by molar-refractivity contribution is -0.138. The van der Waals surface area contributed by atoms with Crippen LogP contribution in [0.3, 0.4) is 0 Å². The van der Waals surface area contributed by atoms with Crippen molar-refractivity contribution in [1.82, 2.24) is 20.0 Å². The van der Waals surface area contributed by atoms with Gasteiger partial charge in [-0.1, -0.05) is 72.4 Å². The maximum atomic E-state index is 13.0. The lowest BCUT2D eigenvalue weighted by atomic mass is 10.2. The molecule has 0 saturated carbocycles. The van der Waals surface area contributed by atoms with Crippen molar-refractivity contribution in [3.63, 3.8) is 0 Å². The average Bonchev–Trinajstić information content (AvgIpc) is 3.33. The summed E-state index contributed by atoms with van der Waals surface area (Å²) in [5.74, 6) is -0.504. The summed E-state index contributed by atoms with van der Waals surface area (Å²) in [6.45, 7) is 0.0910. The Morgan fingerprint density at radius 1 is 1.11 bits per heavy atom. The zero-order chi connectivity index (χ0) is 19.3. The van der Waals surface area contributed by atoms with Crippen LogP contribution in [-0.4, -0.2) is 26.4 Å². The van der Waals surface area contributed by atoms with Gasteiger partial charge in [0.15, 0.2) is 0 Å². The minimum absolute atomic E-state index is 0.0910. The van der Waals surface area contributed by atoms with E-state index in [0.717, 1.165) is 11.1 Å². The Morgan fingerprint density at radius 2 is 1.82 bits per heavy atom.